The highest BCUT2D eigenvalue weighted by Crippen LogP contribution is 2.47. The maximum atomic E-state index is 15.4. The maximum absolute atomic E-state index is 15.4. The van der Waals surface area contributed by atoms with E-state index < -0.39 is 11.4 Å². The van der Waals surface area contributed by atoms with E-state index in [0.717, 1.165) is 0 Å². The van der Waals surface area contributed by atoms with Gasteiger partial charge in [-0.3, -0.25) is 0 Å². The first-order valence-corrected chi connectivity index (χ1v) is 12.8. The van der Waals surface area contributed by atoms with Crippen LogP contribution in [0.2, 0.25) is 5.02 Å². The molecule has 1 amide bonds. The average molecular weight is 574 g/mol. The zero-order valence-corrected chi connectivity index (χ0v) is 22.1. The summed E-state index contributed by atoms with van der Waals surface area (Å²) in [4.78, 5) is 25.5. The zero-order valence-electron chi connectivity index (χ0n) is 19.8. The van der Waals surface area contributed by atoms with Gasteiger partial charge in [0.15, 0.2) is 11.6 Å². The van der Waals surface area contributed by atoms with Crippen molar-refractivity contribution in [2.45, 2.75) is 51.4 Å². The number of ether oxygens (including phenoxy) is 4. The van der Waals surface area contributed by atoms with Crippen molar-refractivity contribution >= 4 is 50.3 Å². The van der Waals surface area contributed by atoms with Crippen molar-refractivity contribution in [1.29, 1.82) is 0 Å². The van der Waals surface area contributed by atoms with Crippen molar-refractivity contribution in [1.82, 2.24) is 14.9 Å². The number of anilines is 1. The topological polar surface area (TPSA) is 86.3 Å². The minimum Gasteiger partial charge on any atom is -0.489 e. The minimum atomic E-state index is -0.608. The number of carbonyl (C=O) groups excluding carboxylic acids is 1. The van der Waals surface area contributed by atoms with Gasteiger partial charge in [-0.25, -0.2) is 9.18 Å². The van der Waals surface area contributed by atoms with Crippen molar-refractivity contribution in [2.75, 3.05) is 44.4 Å². The molecule has 2 fully saturated rings. The van der Waals surface area contributed by atoms with Crippen molar-refractivity contribution < 1.29 is 28.1 Å². The first-order valence-electron chi connectivity index (χ1n) is 11.6. The van der Waals surface area contributed by atoms with Crippen LogP contribution in [0.3, 0.4) is 0 Å². The summed E-state index contributed by atoms with van der Waals surface area (Å²) in [6, 6.07) is -0.163. The molecule has 3 aliphatic rings. The molecule has 0 saturated carbocycles. The van der Waals surface area contributed by atoms with E-state index >= 15 is 4.39 Å². The summed E-state index contributed by atoms with van der Waals surface area (Å²) in [5.41, 5.74) is -0.532. The Kier molecular flexibility index (Phi) is 6.60. The van der Waals surface area contributed by atoms with Crippen LogP contribution in [0.25, 0.3) is 10.9 Å². The second-order valence-corrected chi connectivity index (χ2v) is 11.0. The molecule has 9 nitrogen and oxygen atoms in total. The summed E-state index contributed by atoms with van der Waals surface area (Å²) < 4.78 is 38.6. The van der Waals surface area contributed by atoms with E-state index in [1.807, 2.05) is 25.7 Å². The van der Waals surface area contributed by atoms with Crippen LogP contribution in [0.15, 0.2) is 4.47 Å². The molecule has 2 aromatic rings. The van der Waals surface area contributed by atoms with Crippen LogP contribution in [0.1, 0.15) is 33.6 Å². The Morgan fingerprint density at radius 1 is 1.23 bits per heavy atom. The largest absolute Gasteiger partial charge is 0.489 e. The molecule has 0 spiro atoms. The Morgan fingerprint density at radius 3 is 2.69 bits per heavy atom. The van der Waals surface area contributed by atoms with Crippen LogP contribution in [-0.4, -0.2) is 78.2 Å². The van der Waals surface area contributed by atoms with E-state index in [0.29, 0.717) is 62.6 Å². The average Bonchev–Trinajstić information content (AvgIpc) is 2.98. The summed E-state index contributed by atoms with van der Waals surface area (Å²) in [6.45, 7) is 8.11. The van der Waals surface area contributed by atoms with E-state index in [1.165, 1.54) is 0 Å². The lowest BCUT2D eigenvalue weighted by molar-refractivity contribution is 0.0195. The highest BCUT2D eigenvalue weighted by molar-refractivity contribution is 9.10. The third-order valence-electron chi connectivity index (χ3n) is 6.16. The standard InChI is InChI=1S/C23H27BrClFN4O5/c1-23(2,3)35-22(31)29-6-7-30-12(10-29)11-33-19-14-18(17(26)15(24)16(19)25)27-21(28-20(14)30)34-13-4-8-32-9-5-13/h12-13H,4-11H2,1-3H3. The van der Waals surface area contributed by atoms with Gasteiger partial charge in [0.25, 0.3) is 0 Å². The highest BCUT2D eigenvalue weighted by Gasteiger charge is 2.38. The molecule has 190 valence electrons. The molecule has 3 aliphatic heterocycles. The summed E-state index contributed by atoms with van der Waals surface area (Å²) in [6.07, 6.45) is 0.903. The van der Waals surface area contributed by atoms with E-state index in [2.05, 4.69) is 20.9 Å². The van der Waals surface area contributed by atoms with Crippen LogP contribution in [0.4, 0.5) is 15.0 Å². The third-order valence-corrected chi connectivity index (χ3v) is 7.49. The van der Waals surface area contributed by atoms with E-state index in [1.54, 1.807) is 4.90 Å². The number of piperazine rings is 1. The quantitative estimate of drug-likeness (QED) is 0.484. The summed E-state index contributed by atoms with van der Waals surface area (Å²) in [5.74, 6) is 0.177. The lowest BCUT2D eigenvalue weighted by Gasteiger charge is -2.41. The molecular formula is C23H27BrClFN4O5. The van der Waals surface area contributed by atoms with Crippen LogP contribution in [0, 0.1) is 5.82 Å². The molecule has 12 heteroatoms. The number of amides is 1. The number of aromatic nitrogens is 2. The highest BCUT2D eigenvalue weighted by atomic mass is 79.9. The molecule has 0 radical (unpaired) electrons. The van der Waals surface area contributed by atoms with E-state index in [-0.39, 0.29) is 45.9 Å². The van der Waals surface area contributed by atoms with Crippen LogP contribution < -0.4 is 14.4 Å². The van der Waals surface area contributed by atoms with Crippen molar-refractivity contribution in [3.8, 4) is 11.8 Å². The number of benzene rings is 1. The van der Waals surface area contributed by atoms with Gasteiger partial charge in [-0.15, -0.1) is 0 Å². The fourth-order valence-corrected chi connectivity index (χ4v) is 5.09. The van der Waals surface area contributed by atoms with Gasteiger partial charge in [-0.1, -0.05) is 11.6 Å². The zero-order chi connectivity index (χ0) is 24.9. The minimum absolute atomic E-state index is 0.0681. The molecule has 0 N–H and O–H groups in total. The summed E-state index contributed by atoms with van der Waals surface area (Å²) >= 11 is 9.72. The van der Waals surface area contributed by atoms with Gasteiger partial charge < -0.3 is 28.7 Å². The Labute approximate surface area is 215 Å². The SMILES string of the molecule is CC(C)(C)OC(=O)N1CCN2c3nc(OC4CCOCC4)nc4c(F)c(Br)c(Cl)c(c34)OCC2C1. The molecule has 1 unspecified atom stereocenters. The van der Waals surface area contributed by atoms with Crippen molar-refractivity contribution in [3.63, 3.8) is 0 Å². The third kappa shape index (κ3) is 4.82. The first kappa shape index (κ1) is 24.6. The van der Waals surface area contributed by atoms with Gasteiger partial charge in [-0.05, 0) is 36.7 Å². The van der Waals surface area contributed by atoms with E-state index in [4.69, 9.17) is 35.5 Å². The molecular weight excluding hydrogens is 547 g/mol. The van der Waals surface area contributed by atoms with Gasteiger partial charge in [0.1, 0.15) is 34.7 Å². The monoisotopic (exact) mass is 572 g/mol. The summed E-state index contributed by atoms with van der Waals surface area (Å²) in [7, 11) is 0. The molecule has 1 aromatic carbocycles. The molecule has 1 aromatic heterocycles. The lowest BCUT2D eigenvalue weighted by Crippen LogP contribution is -2.57. The maximum Gasteiger partial charge on any atom is 0.410 e. The molecule has 0 bridgehead atoms. The van der Waals surface area contributed by atoms with Gasteiger partial charge in [-0.2, -0.15) is 9.97 Å². The fraction of sp³-hybridized carbons (Fsp3) is 0.609. The number of rotatable bonds is 2. The van der Waals surface area contributed by atoms with Gasteiger partial charge in [0, 0.05) is 32.5 Å². The van der Waals surface area contributed by atoms with Gasteiger partial charge in [0.05, 0.1) is 29.1 Å². The predicted octanol–water partition coefficient (Wildman–Crippen LogP) is 4.56. The Bertz CT molecular complexity index is 1160. The first-order chi connectivity index (χ1) is 16.6. The number of fused-ring (bicyclic) bond motifs is 2. The van der Waals surface area contributed by atoms with Crippen LogP contribution in [-0.2, 0) is 9.47 Å². The normalized spacial score (nSPS) is 20.8. The lowest BCUT2D eigenvalue weighted by atomic mass is 10.1. The number of nitrogens with zero attached hydrogens (tertiary/aromatic N) is 4. The smallest absolute Gasteiger partial charge is 0.410 e. The molecule has 0 aliphatic carbocycles. The van der Waals surface area contributed by atoms with E-state index in [9.17, 15) is 4.79 Å². The van der Waals surface area contributed by atoms with Gasteiger partial charge >= 0.3 is 12.1 Å². The van der Waals surface area contributed by atoms with Crippen LogP contribution >= 0.6 is 27.5 Å². The molecule has 1 atom stereocenters. The fourth-order valence-electron chi connectivity index (χ4n) is 4.49. The number of hydrogen-bond acceptors (Lipinski definition) is 8. The second kappa shape index (κ2) is 9.40. The Balaban J connectivity index is 1.53. The second-order valence-electron chi connectivity index (χ2n) is 9.84. The van der Waals surface area contributed by atoms with Crippen LogP contribution in [0.5, 0.6) is 11.8 Å². The number of halogens is 3. The molecule has 5 rings (SSSR count). The molecule has 4 heterocycles. The Hall–Kier alpha value is -2.11. The van der Waals surface area contributed by atoms with Crippen molar-refractivity contribution in [3.05, 3.63) is 15.3 Å². The Morgan fingerprint density at radius 2 is 1.97 bits per heavy atom. The van der Waals surface area contributed by atoms with Crippen molar-refractivity contribution in [2.24, 2.45) is 0 Å². The molecule has 35 heavy (non-hydrogen) atoms. The summed E-state index contributed by atoms with van der Waals surface area (Å²) in [5, 5.41) is 0.505. The number of hydrogen-bond donors (Lipinski definition) is 0. The predicted molar refractivity (Wildman–Crippen MR) is 131 cm³/mol. The van der Waals surface area contributed by atoms with Gasteiger partial charge in [0.2, 0.25) is 0 Å². The number of carbonyl (C=O) groups is 1. The molecule has 2 saturated heterocycles.